The van der Waals surface area contributed by atoms with Crippen LogP contribution in [0, 0.1) is 13.8 Å². The van der Waals surface area contributed by atoms with Crippen LogP contribution in [-0.2, 0) is 0 Å². The fraction of sp³-hybridized carbons (Fsp3) is 0.273. The number of hydrogen-bond donors (Lipinski definition) is 0. The fourth-order valence-corrected chi connectivity index (χ4v) is 3.27. The normalized spacial score (nSPS) is 10.9. The summed E-state index contributed by atoms with van der Waals surface area (Å²) in [6.07, 6.45) is 0. The molecule has 0 fully saturated rings. The van der Waals surface area contributed by atoms with Crippen LogP contribution in [0.3, 0.4) is 0 Å². The summed E-state index contributed by atoms with van der Waals surface area (Å²) < 4.78 is 1.66. The Hall–Kier alpha value is -2.59. The number of para-hydroxylation sites is 1. The molecule has 1 heterocycles. The third kappa shape index (κ3) is 3.76. The molecule has 0 radical (unpaired) electrons. The van der Waals surface area contributed by atoms with Crippen molar-refractivity contribution in [2.45, 2.75) is 27.7 Å². The standard InChI is InChI=1S/C22H24ClN3O/c1-5-25(6-2)22(27)21-14-19(17-12-11-15(3)16(4)13-17)24-26(21)20-10-8-7-9-18(20)23/h7-14H,5-6H2,1-4H3. The summed E-state index contributed by atoms with van der Waals surface area (Å²) >= 11 is 6.40. The van der Waals surface area contributed by atoms with E-state index in [2.05, 4.69) is 26.0 Å². The SMILES string of the molecule is CCN(CC)C(=O)c1cc(-c2ccc(C)c(C)c2)nn1-c1ccccc1Cl. The first-order valence-electron chi connectivity index (χ1n) is 9.18. The Balaban J connectivity index is 2.18. The number of aromatic nitrogens is 2. The van der Waals surface area contributed by atoms with Crippen LogP contribution in [0.4, 0.5) is 0 Å². The van der Waals surface area contributed by atoms with Crippen molar-refractivity contribution in [3.05, 3.63) is 70.4 Å². The highest BCUT2D eigenvalue weighted by molar-refractivity contribution is 6.32. The zero-order valence-electron chi connectivity index (χ0n) is 16.2. The van der Waals surface area contributed by atoms with Crippen molar-refractivity contribution in [2.75, 3.05) is 13.1 Å². The number of nitrogens with zero attached hydrogens (tertiary/aromatic N) is 3. The van der Waals surface area contributed by atoms with Gasteiger partial charge in [-0.05, 0) is 63.1 Å². The molecule has 0 unspecified atom stereocenters. The van der Waals surface area contributed by atoms with Crippen molar-refractivity contribution >= 4 is 17.5 Å². The van der Waals surface area contributed by atoms with Gasteiger partial charge in [0.25, 0.3) is 5.91 Å². The summed E-state index contributed by atoms with van der Waals surface area (Å²) in [4.78, 5) is 14.9. The van der Waals surface area contributed by atoms with E-state index in [9.17, 15) is 4.79 Å². The second-order valence-corrected chi connectivity index (χ2v) is 6.96. The summed E-state index contributed by atoms with van der Waals surface area (Å²) in [7, 11) is 0. The van der Waals surface area contributed by atoms with Crippen LogP contribution in [0.1, 0.15) is 35.5 Å². The first-order chi connectivity index (χ1) is 13.0. The fourth-order valence-electron chi connectivity index (χ4n) is 3.06. The van der Waals surface area contributed by atoms with Crippen molar-refractivity contribution in [1.82, 2.24) is 14.7 Å². The maximum absolute atomic E-state index is 13.1. The van der Waals surface area contributed by atoms with Gasteiger partial charge in [-0.1, -0.05) is 35.9 Å². The molecule has 0 bridgehead atoms. The van der Waals surface area contributed by atoms with E-state index in [1.165, 1.54) is 11.1 Å². The van der Waals surface area contributed by atoms with E-state index in [0.717, 1.165) is 11.3 Å². The van der Waals surface area contributed by atoms with Gasteiger partial charge in [0.1, 0.15) is 5.69 Å². The van der Waals surface area contributed by atoms with Crippen LogP contribution in [0.5, 0.6) is 0 Å². The smallest absolute Gasteiger partial charge is 0.272 e. The van der Waals surface area contributed by atoms with E-state index in [1.54, 1.807) is 15.6 Å². The third-order valence-corrected chi connectivity index (χ3v) is 5.18. The topological polar surface area (TPSA) is 38.1 Å². The quantitative estimate of drug-likeness (QED) is 0.602. The molecule has 0 spiro atoms. The summed E-state index contributed by atoms with van der Waals surface area (Å²) in [6, 6.07) is 15.5. The van der Waals surface area contributed by atoms with Gasteiger partial charge >= 0.3 is 0 Å². The largest absolute Gasteiger partial charge is 0.338 e. The molecule has 4 nitrogen and oxygen atoms in total. The van der Waals surface area contributed by atoms with Gasteiger partial charge in [0.05, 0.1) is 16.4 Å². The number of amides is 1. The van der Waals surface area contributed by atoms with E-state index >= 15 is 0 Å². The Labute approximate surface area is 165 Å². The van der Waals surface area contributed by atoms with E-state index < -0.39 is 0 Å². The molecule has 3 aromatic rings. The molecule has 140 valence electrons. The van der Waals surface area contributed by atoms with Crippen molar-refractivity contribution in [2.24, 2.45) is 0 Å². The second kappa shape index (κ2) is 7.97. The Kier molecular flexibility index (Phi) is 5.66. The minimum atomic E-state index is -0.0532. The average Bonchev–Trinajstić information content (AvgIpc) is 3.10. The molecule has 0 atom stereocenters. The molecule has 27 heavy (non-hydrogen) atoms. The predicted molar refractivity (Wildman–Crippen MR) is 111 cm³/mol. The number of carbonyl (C=O) groups excluding carboxylic acids is 1. The number of hydrogen-bond acceptors (Lipinski definition) is 2. The van der Waals surface area contributed by atoms with Gasteiger partial charge < -0.3 is 4.90 Å². The van der Waals surface area contributed by atoms with Gasteiger partial charge in [-0.2, -0.15) is 5.10 Å². The van der Waals surface area contributed by atoms with Crippen molar-refractivity contribution in [3.8, 4) is 16.9 Å². The van der Waals surface area contributed by atoms with Crippen molar-refractivity contribution in [3.63, 3.8) is 0 Å². The molecule has 0 aliphatic heterocycles. The summed E-state index contributed by atoms with van der Waals surface area (Å²) in [5.74, 6) is -0.0532. The van der Waals surface area contributed by atoms with Crippen LogP contribution in [-0.4, -0.2) is 33.7 Å². The molecule has 1 aromatic heterocycles. The number of benzene rings is 2. The Morgan fingerprint density at radius 2 is 1.74 bits per heavy atom. The lowest BCUT2D eigenvalue weighted by Crippen LogP contribution is -2.32. The molecule has 0 N–H and O–H groups in total. The molecule has 0 saturated heterocycles. The van der Waals surface area contributed by atoms with Crippen LogP contribution in [0.15, 0.2) is 48.5 Å². The minimum absolute atomic E-state index is 0.0532. The van der Waals surface area contributed by atoms with Gasteiger partial charge in [-0.3, -0.25) is 4.79 Å². The Morgan fingerprint density at radius 1 is 1.04 bits per heavy atom. The third-order valence-electron chi connectivity index (χ3n) is 4.86. The second-order valence-electron chi connectivity index (χ2n) is 6.55. The zero-order valence-corrected chi connectivity index (χ0v) is 16.9. The first-order valence-corrected chi connectivity index (χ1v) is 9.55. The molecule has 1 amide bonds. The molecule has 0 aliphatic carbocycles. The molecule has 3 rings (SSSR count). The Bertz CT molecular complexity index is 973. The first kappa shape index (κ1) is 19.2. The molecule has 0 aliphatic rings. The lowest BCUT2D eigenvalue weighted by atomic mass is 10.0. The number of rotatable bonds is 5. The lowest BCUT2D eigenvalue weighted by molar-refractivity contribution is 0.0764. The molecular formula is C22H24ClN3O. The average molecular weight is 382 g/mol. The summed E-state index contributed by atoms with van der Waals surface area (Å²) in [5, 5.41) is 5.30. The van der Waals surface area contributed by atoms with Crippen LogP contribution in [0.25, 0.3) is 16.9 Å². The molecule has 5 heteroatoms. The van der Waals surface area contributed by atoms with Gasteiger partial charge in [0.15, 0.2) is 0 Å². The minimum Gasteiger partial charge on any atom is -0.338 e. The van der Waals surface area contributed by atoms with Crippen LogP contribution >= 0.6 is 11.6 Å². The molecular weight excluding hydrogens is 358 g/mol. The molecule has 0 saturated carbocycles. The predicted octanol–water partition coefficient (Wildman–Crippen LogP) is 5.29. The Morgan fingerprint density at radius 3 is 2.37 bits per heavy atom. The lowest BCUT2D eigenvalue weighted by Gasteiger charge is -2.19. The van der Waals surface area contributed by atoms with Gasteiger partial charge in [-0.25, -0.2) is 4.68 Å². The number of halogens is 1. The highest BCUT2D eigenvalue weighted by Gasteiger charge is 2.22. The number of aryl methyl sites for hydroxylation is 2. The summed E-state index contributed by atoms with van der Waals surface area (Å²) in [6.45, 7) is 9.39. The van der Waals surface area contributed by atoms with Gasteiger partial charge in [-0.15, -0.1) is 0 Å². The van der Waals surface area contributed by atoms with Crippen LogP contribution < -0.4 is 0 Å². The maximum Gasteiger partial charge on any atom is 0.272 e. The number of carbonyl (C=O) groups is 1. The highest BCUT2D eigenvalue weighted by Crippen LogP contribution is 2.27. The van der Waals surface area contributed by atoms with Crippen molar-refractivity contribution in [1.29, 1.82) is 0 Å². The monoisotopic (exact) mass is 381 g/mol. The van der Waals surface area contributed by atoms with E-state index in [-0.39, 0.29) is 5.91 Å². The van der Waals surface area contributed by atoms with Crippen LogP contribution in [0.2, 0.25) is 5.02 Å². The van der Waals surface area contributed by atoms with Gasteiger partial charge in [0.2, 0.25) is 0 Å². The van der Waals surface area contributed by atoms with E-state index in [4.69, 9.17) is 16.7 Å². The molecule has 2 aromatic carbocycles. The maximum atomic E-state index is 13.1. The summed E-state index contributed by atoms with van der Waals surface area (Å²) in [5.41, 5.74) is 5.37. The van der Waals surface area contributed by atoms with E-state index in [0.29, 0.717) is 29.5 Å². The zero-order chi connectivity index (χ0) is 19.6. The highest BCUT2D eigenvalue weighted by atomic mass is 35.5. The van der Waals surface area contributed by atoms with Crippen molar-refractivity contribution < 1.29 is 4.79 Å². The van der Waals surface area contributed by atoms with Gasteiger partial charge in [0, 0.05) is 18.7 Å². The van der Waals surface area contributed by atoms with E-state index in [1.807, 2.05) is 44.2 Å².